The van der Waals surface area contributed by atoms with Gasteiger partial charge in [-0.05, 0) is 38.3 Å². The molecular formula is C17H22N4O2S. The number of likely N-dealkylation sites (tertiary alicyclic amines) is 1. The van der Waals surface area contributed by atoms with Gasteiger partial charge in [-0.3, -0.25) is 4.79 Å². The number of piperidine rings is 1. The van der Waals surface area contributed by atoms with E-state index in [4.69, 9.17) is 5.11 Å². The Bertz CT molecular complexity index is 693. The minimum atomic E-state index is 0.0593. The SMILES string of the molecule is Cc1nc(Nc2ccc(C(=O)N3CCCCC3)cn2)sc1CCO. The molecule has 0 atom stereocenters. The molecule has 2 aromatic rings. The van der Waals surface area contributed by atoms with Crippen LogP contribution in [0.2, 0.25) is 0 Å². The summed E-state index contributed by atoms with van der Waals surface area (Å²) in [6, 6.07) is 3.61. The molecule has 7 heteroatoms. The number of amides is 1. The Morgan fingerprint density at radius 3 is 2.79 bits per heavy atom. The number of nitrogens with one attached hydrogen (secondary N) is 1. The highest BCUT2D eigenvalue weighted by atomic mass is 32.1. The topological polar surface area (TPSA) is 78.4 Å². The molecule has 1 saturated heterocycles. The van der Waals surface area contributed by atoms with E-state index in [0.717, 1.165) is 41.6 Å². The number of anilines is 2. The summed E-state index contributed by atoms with van der Waals surface area (Å²) in [5.74, 6) is 0.721. The van der Waals surface area contributed by atoms with Crippen molar-refractivity contribution < 1.29 is 9.90 Å². The number of rotatable bonds is 5. The van der Waals surface area contributed by atoms with Crippen molar-refractivity contribution in [2.45, 2.75) is 32.6 Å². The van der Waals surface area contributed by atoms with Crippen molar-refractivity contribution in [3.8, 4) is 0 Å². The van der Waals surface area contributed by atoms with Crippen LogP contribution in [0.4, 0.5) is 10.9 Å². The number of carbonyl (C=O) groups is 1. The van der Waals surface area contributed by atoms with Crippen LogP contribution in [-0.4, -0.2) is 45.6 Å². The molecule has 3 heterocycles. The lowest BCUT2D eigenvalue weighted by molar-refractivity contribution is 0.0724. The molecule has 1 aliphatic rings. The predicted molar refractivity (Wildman–Crippen MR) is 94.9 cm³/mol. The monoisotopic (exact) mass is 346 g/mol. The summed E-state index contributed by atoms with van der Waals surface area (Å²) in [6.07, 6.45) is 5.60. The highest BCUT2D eigenvalue weighted by Gasteiger charge is 2.18. The van der Waals surface area contributed by atoms with Gasteiger partial charge in [0.1, 0.15) is 5.82 Å². The van der Waals surface area contributed by atoms with Gasteiger partial charge in [0.2, 0.25) is 0 Å². The van der Waals surface area contributed by atoms with Crippen molar-refractivity contribution in [3.63, 3.8) is 0 Å². The van der Waals surface area contributed by atoms with Crippen molar-refractivity contribution in [2.75, 3.05) is 25.0 Å². The van der Waals surface area contributed by atoms with E-state index in [1.165, 1.54) is 17.8 Å². The number of thiazole rings is 1. The second-order valence-corrected chi connectivity index (χ2v) is 6.99. The first-order valence-corrected chi connectivity index (χ1v) is 9.08. The van der Waals surface area contributed by atoms with E-state index in [1.54, 1.807) is 18.3 Å². The van der Waals surface area contributed by atoms with Crippen molar-refractivity contribution in [3.05, 3.63) is 34.5 Å². The number of aromatic nitrogens is 2. The van der Waals surface area contributed by atoms with Gasteiger partial charge < -0.3 is 15.3 Å². The molecule has 1 amide bonds. The second-order valence-electron chi connectivity index (χ2n) is 5.91. The third kappa shape index (κ3) is 3.91. The van der Waals surface area contributed by atoms with Gasteiger partial charge in [-0.15, -0.1) is 11.3 Å². The fourth-order valence-corrected chi connectivity index (χ4v) is 3.76. The Hall–Kier alpha value is -1.99. The molecule has 2 aromatic heterocycles. The number of hydrogen-bond donors (Lipinski definition) is 2. The number of hydrogen-bond acceptors (Lipinski definition) is 6. The van der Waals surface area contributed by atoms with Crippen LogP contribution in [0.15, 0.2) is 18.3 Å². The van der Waals surface area contributed by atoms with E-state index < -0.39 is 0 Å². The van der Waals surface area contributed by atoms with E-state index >= 15 is 0 Å². The van der Waals surface area contributed by atoms with Gasteiger partial charge in [-0.1, -0.05) is 0 Å². The van der Waals surface area contributed by atoms with Gasteiger partial charge in [0.25, 0.3) is 5.91 Å². The van der Waals surface area contributed by atoms with Crippen molar-refractivity contribution in [1.29, 1.82) is 0 Å². The quantitative estimate of drug-likeness (QED) is 0.870. The Labute approximate surface area is 145 Å². The van der Waals surface area contributed by atoms with Gasteiger partial charge >= 0.3 is 0 Å². The summed E-state index contributed by atoms with van der Waals surface area (Å²) >= 11 is 1.51. The predicted octanol–water partition coefficient (Wildman–Crippen LogP) is 2.75. The minimum Gasteiger partial charge on any atom is -0.396 e. The van der Waals surface area contributed by atoms with E-state index in [9.17, 15) is 4.79 Å². The van der Waals surface area contributed by atoms with Crippen LogP contribution >= 0.6 is 11.3 Å². The maximum absolute atomic E-state index is 12.4. The van der Waals surface area contributed by atoms with E-state index in [-0.39, 0.29) is 12.5 Å². The molecule has 1 aliphatic heterocycles. The molecule has 6 nitrogen and oxygen atoms in total. The van der Waals surface area contributed by atoms with Crippen molar-refractivity contribution >= 4 is 28.2 Å². The highest BCUT2D eigenvalue weighted by molar-refractivity contribution is 7.15. The first kappa shape index (κ1) is 16.9. The van der Waals surface area contributed by atoms with Crippen LogP contribution in [0, 0.1) is 6.92 Å². The van der Waals surface area contributed by atoms with Crippen molar-refractivity contribution in [1.82, 2.24) is 14.9 Å². The molecule has 0 aromatic carbocycles. The zero-order valence-corrected chi connectivity index (χ0v) is 14.6. The number of aliphatic hydroxyl groups is 1. The maximum atomic E-state index is 12.4. The lowest BCUT2D eigenvalue weighted by atomic mass is 10.1. The standard InChI is InChI=1S/C17H22N4O2S/c1-12-14(7-10-22)24-17(19-12)20-15-6-5-13(11-18-15)16(23)21-8-3-2-4-9-21/h5-6,11,22H,2-4,7-10H2,1H3,(H,18,19,20). The van der Waals surface area contributed by atoms with Crippen LogP contribution in [0.3, 0.4) is 0 Å². The van der Waals surface area contributed by atoms with Gasteiger partial charge in [-0.2, -0.15) is 0 Å². The number of aliphatic hydroxyl groups excluding tert-OH is 1. The molecule has 0 radical (unpaired) electrons. The van der Waals surface area contributed by atoms with Gasteiger partial charge in [0.15, 0.2) is 5.13 Å². The summed E-state index contributed by atoms with van der Waals surface area (Å²) < 4.78 is 0. The van der Waals surface area contributed by atoms with Gasteiger partial charge in [0.05, 0.1) is 11.3 Å². The van der Waals surface area contributed by atoms with E-state index in [2.05, 4.69) is 15.3 Å². The lowest BCUT2D eigenvalue weighted by Crippen LogP contribution is -2.35. The number of nitrogens with zero attached hydrogens (tertiary/aromatic N) is 3. The zero-order valence-electron chi connectivity index (χ0n) is 13.8. The minimum absolute atomic E-state index is 0.0593. The summed E-state index contributed by atoms with van der Waals surface area (Å²) in [6.45, 7) is 3.73. The Morgan fingerprint density at radius 2 is 2.12 bits per heavy atom. The first-order valence-electron chi connectivity index (χ1n) is 8.27. The zero-order chi connectivity index (χ0) is 16.9. The molecule has 0 bridgehead atoms. The van der Waals surface area contributed by atoms with Crippen LogP contribution in [0.25, 0.3) is 0 Å². The summed E-state index contributed by atoms with van der Waals surface area (Å²) in [5, 5.41) is 13.0. The molecule has 2 N–H and O–H groups in total. The molecule has 0 unspecified atom stereocenters. The third-order valence-corrected chi connectivity index (χ3v) is 5.25. The average Bonchev–Trinajstić information content (AvgIpc) is 2.95. The van der Waals surface area contributed by atoms with Gasteiger partial charge in [-0.25, -0.2) is 9.97 Å². The lowest BCUT2D eigenvalue weighted by Gasteiger charge is -2.26. The van der Waals surface area contributed by atoms with Crippen LogP contribution in [-0.2, 0) is 6.42 Å². The second kappa shape index (κ2) is 7.72. The van der Waals surface area contributed by atoms with Gasteiger partial charge in [0, 0.05) is 37.2 Å². The average molecular weight is 346 g/mol. The Morgan fingerprint density at radius 1 is 1.33 bits per heavy atom. The first-order chi connectivity index (χ1) is 11.7. The summed E-state index contributed by atoms with van der Waals surface area (Å²) in [4.78, 5) is 24.2. The number of pyridine rings is 1. The summed E-state index contributed by atoms with van der Waals surface area (Å²) in [5.41, 5.74) is 1.55. The van der Waals surface area contributed by atoms with E-state index in [1.807, 2.05) is 11.8 Å². The Balaban J connectivity index is 1.66. The largest absolute Gasteiger partial charge is 0.396 e. The molecule has 24 heavy (non-hydrogen) atoms. The molecule has 3 rings (SSSR count). The van der Waals surface area contributed by atoms with Crippen molar-refractivity contribution in [2.24, 2.45) is 0 Å². The normalized spacial score (nSPS) is 14.7. The molecule has 0 aliphatic carbocycles. The number of carbonyl (C=O) groups excluding carboxylic acids is 1. The number of aryl methyl sites for hydroxylation is 1. The molecule has 0 spiro atoms. The van der Waals surface area contributed by atoms with Crippen LogP contribution < -0.4 is 5.32 Å². The van der Waals surface area contributed by atoms with Crippen LogP contribution in [0.5, 0.6) is 0 Å². The fraction of sp³-hybridized carbons (Fsp3) is 0.471. The smallest absolute Gasteiger partial charge is 0.255 e. The van der Waals surface area contributed by atoms with Crippen LogP contribution in [0.1, 0.15) is 40.2 Å². The molecule has 0 saturated carbocycles. The molecular weight excluding hydrogens is 324 g/mol. The molecule has 1 fully saturated rings. The highest BCUT2D eigenvalue weighted by Crippen LogP contribution is 2.25. The fourth-order valence-electron chi connectivity index (χ4n) is 2.80. The summed E-state index contributed by atoms with van der Waals surface area (Å²) in [7, 11) is 0. The van der Waals surface area contributed by atoms with E-state index in [0.29, 0.717) is 17.8 Å². The Kier molecular flexibility index (Phi) is 5.42. The third-order valence-electron chi connectivity index (χ3n) is 4.12. The molecule has 128 valence electrons. The maximum Gasteiger partial charge on any atom is 0.255 e.